The SMILES string of the molecule is OCCN(c1ncnc2nc[nH]c12)C1CCCCC1. The van der Waals surface area contributed by atoms with Gasteiger partial charge < -0.3 is 15.0 Å². The van der Waals surface area contributed by atoms with E-state index in [0.717, 1.165) is 11.3 Å². The lowest BCUT2D eigenvalue weighted by atomic mass is 9.94. The second-order valence-corrected chi connectivity index (χ2v) is 5.01. The average Bonchev–Trinajstić information content (AvgIpc) is 2.94. The van der Waals surface area contributed by atoms with E-state index in [2.05, 4.69) is 24.8 Å². The highest BCUT2D eigenvalue weighted by Crippen LogP contribution is 2.28. The molecule has 0 amide bonds. The molecule has 19 heavy (non-hydrogen) atoms. The molecule has 1 aliphatic rings. The van der Waals surface area contributed by atoms with Gasteiger partial charge in [0.05, 0.1) is 12.9 Å². The van der Waals surface area contributed by atoms with Crippen molar-refractivity contribution in [1.82, 2.24) is 19.9 Å². The van der Waals surface area contributed by atoms with Crippen LogP contribution in [0.3, 0.4) is 0 Å². The fourth-order valence-corrected chi connectivity index (χ4v) is 2.93. The first kappa shape index (κ1) is 12.3. The molecule has 0 aromatic carbocycles. The number of hydrogen-bond donors (Lipinski definition) is 2. The normalized spacial score (nSPS) is 16.9. The Morgan fingerprint density at radius 1 is 1.21 bits per heavy atom. The third-order valence-electron chi connectivity index (χ3n) is 3.83. The zero-order valence-electron chi connectivity index (χ0n) is 10.9. The molecule has 3 rings (SSSR count). The van der Waals surface area contributed by atoms with E-state index in [1.807, 2.05) is 0 Å². The van der Waals surface area contributed by atoms with Crippen molar-refractivity contribution < 1.29 is 5.11 Å². The van der Waals surface area contributed by atoms with Crippen LogP contribution in [0.15, 0.2) is 12.7 Å². The van der Waals surface area contributed by atoms with Crippen molar-refractivity contribution in [3.05, 3.63) is 12.7 Å². The second-order valence-electron chi connectivity index (χ2n) is 5.01. The Hall–Kier alpha value is -1.69. The smallest absolute Gasteiger partial charge is 0.182 e. The number of aliphatic hydroxyl groups excluding tert-OH is 1. The summed E-state index contributed by atoms with van der Waals surface area (Å²) in [7, 11) is 0. The van der Waals surface area contributed by atoms with Crippen LogP contribution in [0.1, 0.15) is 32.1 Å². The molecule has 0 aliphatic heterocycles. The molecule has 0 saturated heterocycles. The lowest BCUT2D eigenvalue weighted by Gasteiger charge is -2.34. The number of fused-ring (bicyclic) bond motifs is 1. The van der Waals surface area contributed by atoms with Crippen LogP contribution in [-0.4, -0.2) is 44.2 Å². The van der Waals surface area contributed by atoms with E-state index in [-0.39, 0.29) is 6.61 Å². The van der Waals surface area contributed by atoms with Crippen LogP contribution in [0, 0.1) is 0 Å². The molecule has 1 aliphatic carbocycles. The molecule has 0 spiro atoms. The Morgan fingerprint density at radius 3 is 2.84 bits per heavy atom. The molecule has 1 fully saturated rings. The third kappa shape index (κ3) is 2.40. The van der Waals surface area contributed by atoms with Gasteiger partial charge in [-0.15, -0.1) is 0 Å². The molecule has 1 saturated carbocycles. The number of imidazole rings is 1. The molecule has 2 heterocycles. The van der Waals surface area contributed by atoms with E-state index in [9.17, 15) is 5.11 Å². The van der Waals surface area contributed by atoms with E-state index >= 15 is 0 Å². The molecule has 2 aromatic rings. The summed E-state index contributed by atoms with van der Waals surface area (Å²) in [6.07, 6.45) is 9.34. The van der Waals surface area contributed by atoms with Gasteiger partial charge in [-0.05, 0) is 12.8 Å². The largest absolute Gasteiger partial charge is 0.395 e. The number of nitrogens with zero attached hydrogens (tertiary/aromatic N) is 4. The van der Waals surface area contributed by atoms with E-state index in [1.165, 1.54) is 32.1 Å². The topological polar surface area (TPSA) is 77.9 Å². The van der Waals surface area contributed by atoms with Crippen molar-refractivity contribution in [1.29, 1.82) is 0 Å². The Bertz CT molecular complexity index is 535. The van der Waals surface area contributed by atoms with Crippen molar-refractivity contribution in [3.63, 3.8) is 0 Å². The first-order chi connectivity index (χ1) is 9.40. The number of aromatic amines is 1. The minimum absolute atomic E-state index is 0.135. The first-order valence-corrected chi connectivity index (χ1v) is 6.91. The molecule has 2 N–H and O–H groups in total. The summed E-state index contributed by atoms with van der Waals surface area (Å²) in [5.41, 5.74) is 1.55. The summed E-state index contributed by atoms with van der Waals surface area (Å²) in [6, 6.07) is 0.460. The maximum absolute atomic E-state index is 9.34. The Kier molecular flexibility index (Phi) is 3.59. The van der Waals surface area contributed by atoms with E-state index in [0.29, 0.717) is 18.2 Å². The van der Waals surface area contributed by atoms with Crippen molar-refractivity contribution in [2.24, 2.45) is 0 Å². The lowest BCUT2D eigenvalue weighted by molar-refractivity contribution is 0.289. The number of H-pyrrole nitrogens is 1. The molecule has 0 bridgehead atoms. The quantitative estimate of drug-likeness (QED) is 0.871. The molecule has 2 aromatic heterocycles. The van der Waals surface area contributed by atoms with Gasteiger partial charge in [-0.2, -0.15) is 0 Å². The monoisotopic (exact) mass is 261 g/mol. The average molecular weight is 261 g/mol. The van der Waals surface area contributed by atoms with E-state index < -0.39 is 0 Å². The summed E-state index contributed by atoms with van der Waals surface area (Å²) in [4.78, 5) is 18.0. The Labute approximate surface area is 111 Å². The van der Waals surface area contributed by atoms with Gasteiger partial charge in [-0.3, -0.25) is 0 Å². The standard InChI is InChI=1S/C13H19N5O/c19-7-6-18(10-4-2-1-3-5-10)13-11-12(15-8-14-11)16-9-17-13/h8-10,19H,1-7H2,(H,14,15,16,17). The highest BCUT2D eigenvalue weighted by atomic mass is 16.3. The van der Waals surface area contributed by atoms with Gasteiger partial charge in [0, 0.05) is 12.6 Å². The van der Waals surface area contributed by atoms with Crippen LogP contribution >= 0.6 is 0 Å². The highest BCUT2D eigenvalue weighted by molar-refractivity contribution is 5.82. The number of anilines is 1. The van der Waals surface area contributed by atoms with Gasteiger partial charge in [0.25, 0.3) is 0 Å². The number of aliphatic hydroxyl groups is 1. The van der Waals surface area contributed by atoms with Crippen LogP contribution in [-0.2, 0) is 0 Å². The van der Waals surface area contributed by atoms with Gasteiger partial charge in [-0.1, -0.05) is 19.3 Å². The van der Waals surface area contributed by atoms with E-state index in [4.69, 9.17) is 0 Å². The zero-order chi connectivity index (χ0) is 13.1. The number of rotatable bonds is 4. The Morgan fingerprint density at radius 2 is 2.05 bits per heavy atom. The second kappa shape index (κ2) is 5.52. The van der Waals surface area contributed by atoms with Crippen LogP contribution < -0.4 is 4.90 Å². The van der Waals surface area contributed by atoms with Crippen molar-refractivity contribution in [3.8, 4) is 0 Å². The summed E-state index contributed by atoms with van der Waals surface area (Å²) in [5, 5.41) is 9.34. The van der Waals surface area contributed by atoms with Gasteiger partial charge in [0.1, 0.15) is 11.8 Å². The van der Waals surface area contributed by atoms with E-state index in [1.54, 1.807) is 12.7 Å². The molecule has 0 atom stereocenters. The summed E-state index contributed by atoms with van der Waals surface area (Å²) in [6.45, 7) is 0.742. The minimum atomic E-state index is 0.135. The van der Waals surface area contributed by atoms with Gasteiger partial charge >= 0.3 is 0 Å². The Balaban J connectivity index is 1.96. The van der Waals surface area contributed by atoms with Crippen molar-refractivity contribution in [2.45, 2.75) is 38.1 Å². The molecule has 6 heteroatoms. The fraction of sp³-hybridized carbons (Fsp3) is 0.615. The lowest BCUT2D eigenvalue weighted by Crippen LogP contribution is -2.39. The zero-order valence-corrected chi connectivity index (χ0v) is 10.9. The molecule has 6 nitrogen and oxygen atoms in total. The van der Waals surface area contributed by atoms with Gasteiger partial charge in [0.2, 0.25) is 0 Å². The minimum Gasteiger partial charge on any atom is -0.395 e. The maximum atomic E-state index is 9.34. The molecular weight excluding hydrogens is 242 g/mol. The van der Waals surface area contributed by atoms with Crippen LogP contribution in [0.4, 0.5) is 5.82 Å². The summed E-state index contributed by atoms with van der Waals surface area (Å²) < 4.78 is 0. The fourth-order valence-electron chi connectivity index (χ4n) is 2.93. The predicted molar refractivity (Wildman–Crippen MR) is 73.0 cm³/mol. The number of hydrogen-bond acceptors (Lipinski definition) is 5. The molecule has 0 unspecified atom stereocenters. The first-order valence-electron chi connectivity index (χ1n) is 6.91. The number of aromatic nitrogens is 4. The van der Waals surface area contributed by atoms with Crippen LogP contribution in [0.25, 0.3) is 11.2 Å². The molecule has 0 radical (unpaired) electrons. The molecular formula is C13H19N5O. The van der Waals surface area contributed by atoms with Crippen molar-refractivity contribution >= 4 is 17.0 Å². The van der Waals surface area contributed by atoms with Crippen molar-refractivity contribution in [2.75, 3.05) is 18.1 Å². The van der Waals surface area contributed by atoms with Crippen LogP contribution in [0.5, 0.6) is 0 Å². The summed E-state index contributed by atoms with van der Waals surface area (Å²) in [5.74, 6) is 0.864. The highest BCUT2D eigenvalue weighted by Gasteiger charge is 2.24. The third-order valence-corrected chi connectivity index (χ3v) is 3.83. The van der Waals surface area contributed by atoms with Gasteiger partial charge in [0.15, 0.2) is 11.5 Å². The summed E-state index contributed by atoms with van der Waals surface area (Å²) >= 11 is 0. The number of nitrogens with one attached hydrogen (secondary N) is 1. The molecule has 102 valence electrons. The van der Waals surface area contributed by atoms with Gasteiger partial charge in [-0.25, -0.2) is 15.0 Å². The maximum Gasteiger partial charge on any atom is 0.182 e. The van der Waals surface area contributed by atoms with Crippen LogP contribution in [0.2, 0.25) is 0 Å². The predicted octanol–water partition coefficient (Wildman–Crippen LogP) is 1.48.